The topological polar surface area (TPSA) is 62.2 Å². The Bertz CT molecular complexity index is 733. The Morgan fingerprint density at radius 2 is 2.09 bits per heavy atom. The van der Waals surface area contributed by atoms with Gasteiger partial charge in [0, 0.05) is 23.5 Å². The van der Waals surface area contributed by atoms with Crippen molar-refractivity contribution in [2.24, 2.45) is 0 Å². The molecule has 3 rings (SSSR count). The fraction of sp³-hybridized carbons (Fsp3) is 0.444. The number of amides is 1. The number of aryl methyl sites for hydroxylation is 2. The van der Waals surface area contributed by atoms with Crippen molar-refractivity contribution in [1.82, 2.24) is 10.3 Å². The first-order chi connectivity index (χ1) is 10.5. The third-order valence-corrected chi connectivity index (χ3v) is 4.07. The Kier molecular flexibility index (Phi) is 3.87. The number of rotatable bonds is 4. The number of fused-ring (bicyclic) bond motifs is 1. The fourth-order valence-electron chi connectivity index (χ4n) is 2.81. The number of nitrogens with zero attached hydrogens (tertiary/aromatic N) is 1. The molecule has 4 nitrogen and oxygen atoms in total. The molecule has 4 heteroatoms. The summed E-state index contributed by atoms with van der Waals surface area (Å²) in [7, 11) is 0. The Balaban J connectivity index is 2.11. The van der Waals surface area contributed by atoms with Crippen LogP contribution in [0.15, 0.2) is 18.2 Å². The average molecular weight is 298 g/mol. The van der Waals surface area contributed by atoms with E-state index in [1.165, 1.54) is 0 Å². The number of benzene rings is 1. The minimum Gasteiger partial charge on any atom is -0.392 e. The molecule has 1 aliphatic carbocycles. The lowest BCUT2D eigenvalue weighted by Gasteiger charge is -2.13. The lowest BCUT2D eigenvalue weighted by atomic mass is 10.00. The van der Waals surface area contributed by atoms with Crippen molar-refractivity contribution >= 4 is 16.8 Å². The average Bonchev–Trinajstić information content (AvgIpc) is 3.28. The zero-order chi connectivity index (χ0) is 15.9. The molecule has 0 radical (unpaired) electrons. The first-order valence-corrected chi connectivity index (χ1v) is 7.84. The van der Waals surface area contributed by atoms with E-state index in [9.17, 15) is 9.90 Å². The fourth-order valence-corrected chi connectivity index (χ4v) is 2.81. The summed E-state index contributed by atoms with van der Waals surface area (Å²) in [5.41, 5.74) is 4.82. The highest BCUT2D eigenvalue weighted by atomic mass is 16.3. The summed E-state index contributed by atoms with van der Waals surface area (Å²) >= 11 is 0. The molecule has 2 aromatic rings. The van der Waals surface area contributed by atoms with Gasteiger partial charge in [-0.3, -0.25) is 9.78 Å². The summed E-state index contributed by atoms with van der Waals surface area (Å²) in [5, 5.41) is 13.1. The third-order valence-electron chi connectivity index (χ3n) is 4.07. The number of carbonyl (C=O) groups is 1. The third kappa shape index (κ3) is 2.97. The maximum absolute atomic E-state index is 12.5. The second-order valence-electron chi connectivity index (χ2n) is 6.41. The van der Waals surface area contributed by atoms with Crippen LogP contribution in [0.3, 0.4) is 0 Å². The zero-order valence-corrected chi connectivity index (χ0v) is 13.3. The van der Waals surface area contributed by atoms with E-state index < -0.39 is 6.10 Å². The van der Waals surface area contributed by atoms with Gasteiger partial charge in [0.1, 0.15) is 0 Å². The molecular weight excluding hydrogens is 276 g/mol. The predicted octanol–water partition coefficient (Wildman–Crippen LogP) is 2.84. The van der Waals surface area contributed by atoms with Crippen molar-refractivity contribution in [1.29, 1.82) is 0 Å². The quantitative estimate of drug-likeness (QED) is 0.912. The molecule has 116 valence electrons. The van der Waals surface area contributed by atoms with Crippen molar-refractivity contribution in [3.05, 3.63) is 40.6 Å². The van der Waals surface area contributed by atoms with Gasteiger partial charge in [0.2, 0.25) is 0 Å². The highest BCUT2D eigenvalue weighted by Gasteiger charge is 2.27. The van der Waals surface area contributed by atoms with Gasteiger partial charge in [0.15, 0.2) is 0 Å². The van der Waals surface area contributed by atoms with Crippen molar-refractivity contribution in [2.75, 3.05) is 6.54 Å². The Morgan fingerprint density at radius 1 is 1.36 bits per heavy atom. The van der Waals surface area contributed by atoms with E-state index in [-0.39, 0.29) is 12.5 Å². The summed E-state index contributed by atoms with van der Waals surface area (Å²) < 4.78 is 0. The van der Waals surface area contributed by atoms with Crippen LogP contribution in [0.5, 0.6) is 0 Å². The minimum atomic E-state index is -0.552. The number of carbonyl (C=O) groups excluding carboxylic acids is 1. The molecule has 1 aliphatic rings. The van der Waals surface area contributed by atoms with Gasteiger partial charge >= 0.3 is 0 Å². The summed E-state index contributed by atoms with van der Waals surface area (Å²) in [4.78, 5) is 17.3. The summed E-state index contributed by atoms with van der Waals surface area (Å²) in [6, 6.07) is 6.04. The van der Waals surface area contributed by atoms with Crippen molar-refractivity contribution < 1.29 is 9.90 Å². The number of aromatic nitrogens is 1. The molecule has 1 aromatic carbocycles. The van der Waals surface area contributed by atoms with Gasteiger partial charge in [0.25, 0.3) is 5.91 Å². The molecular formula is C18H22N2O2. The van der Waals surface area contributed by atoms with Crippen LogP contribution in [-0.4, -0.2) is 28.6 Å². The molecule has 22 heavy (non-hydrogen) atoms. The Hall–Kier alpha value is -1.94. The van der Waals surface area contributed by atoms with Gasteiger partial charge in [-0.15, -0.1) is 0 Å². The van der Waals surface area contributed by atoms with Crippen LogP contribution < -0.4 is 5.32 Å². The van der Waals surface area contributed by atoms with Crippen LogP contribution in [0.25, 0.3) is 10.9 Å². The summed E-state index contributed by atoms with van der Waals surface area (Å²) in [6.07, 6.45) is 1.75. The zero-order valence-electron chi connectivity index (χ0n) is 13.3. The molecule has 1 fully saturated rings. The van der Waals surface area contributed by atoms with Crippen LogP contribution in [0.2, 0.25) is 0 Å². The largest absolute Gasteiger partial charge is 0.392 e. The van der Waals surface area contributed by atoms with Crippen molar-refractivity contribution in [2.45, 2.75) is 45.6 Å². The van der Waals surface area contributed by atoms with Gasteiger partial charge in [-0.1, -0.05) is 11.6 Å². The molecule has 1 aromatic heterocycles. The van der Waals surface area contributed by atoms with Gasteiger partial charge in [-0.2, -0.15) is 0 Å². The highest BCUT2D eigenvalue weighted by molar-refractivity contribution is 6.07. The number of pyridine rings is 1. The molecule has 1 unspecified atom stereocenters. The Morgan fingerprint density at radius 3 is 2.73 bits per heavy atom. The number of hydrogen-bond acceptors (Lipinski definition) is 3. The smallest absolute Gasteiger partial charge is 0.252 e. The van der Waals surface area contributed by atoms with Crippen LogP contribution in [0.4, 0.5) is 0 Å². The molecule has 1 atom stereocenters. The SMILES string of the molecule is Cc1cc(C)c2nc(C3CC3)cc(C(=O)NCC(C)O)c2c1. The molecule has 2 N–H and O–H groups in total. The van der Waals surface area contributed by atoms with E-state index in [0.29, 0.717) is 11.5 Å². The summed E-state index contributed by atoms with van der Waals surface area (Å²) in [5.74, 6) is 0.355. The van der Waals surface area contributed by atoms with Crippen LogP contribution in [-0.2, 0) is 0 Å². The molecule has 1 saturated carbocycles. The number of aliphatic hydroxyl groups is 1. The van der Waals surface area contributed by atoms with Gasteiger partial charge in [-0.05, 0) is 51.3 Å². The van der Waals surface area contributed by atoms with E-state index in [4.69, 9.17) is 4.98 Å². The number of nitrogens with one attached hydrogen (secondary N) is 1. The number of aliphatic hydroxyl groups excluding tert-OH is 1. The standard InChI is InChI=1S/C18H22N2O2/c1-10-6-11(2)17-14(7-10)15(18(22)19-9-12(3)21)8-16(20-17)13-4-5-13/h6-8,12-13,21H,4-5,9H2,1-3H3,(H,19,22). The predicted molar refractivity (Wildman–Crippen MR) is 87.2 cm³/mol. The van der Waals surface area contributed by atoms with Crippen LogP contribution >= 0.6 is 0 Å². The number of hydrogen-bond donors (Lipinski definition) is 2. The van der Waals surface area contributed by atoms with E-state index in [0.717, 1.165) is 40.6 Å². The molecule has 1 heterocycles. The molecule has 0 aliphatic heterocycles. The minimum absolute atomic E-state index is 0.139. The van der Waals surface area contributed by atoms with E-state index >= 15 is 0 Å². The lowest BCUT2D eigenvalue weighted by Crippen LogP contribution is -2.30. The molecule has 0 spiro atoms. The van der Waals surface area contributed by atoms with Gasteiger partial charge in [0.05, 0.1) is 17.2 Å². The van der Waals surface area contributed by atoms with E-state index in [1.807, 2.05) is 26.0 Å². The molecule has 1 amide bonds. The highest BCUT2D eigenvalue weighted by Crippen LogP contribution is 2.40. The lowest BCUT2D eigenvalue weighted by molar-refractivity contribution is 0.0925. The maximum atomic E-state index is 12.5. The van der Waals surface area contributed by atoms with Crippen molar-refractivity contribution in [3.8, 4) is 0 Å². The monoisotopic (exact) mass is 298 g/mol. The summed E-state index contributed by atoms with van der Waals surface area (Å²) in [6.45, 7) is 5.98. The molecule has 0 saturated heterocycles. The van der Waals surface area contributed by atoms with E-state index in [2.05, 4.69) is 11.4 Å². The maximum Gasteiger partial charge on any atom is 0.252 e. The second kappa shape index (κ2) is 5.69. The normalized spacial score (nSPS) is 15.8. The first-order valence-electron chi connectivity index (χ1n) is 7.84. The Labute approximate surface area is 130 Å². The van der Waals surface area contributed by atoms with E-state index in [1.54, 1.807) is 6.92 Å². The van der Waals surface area contributed by atoms with Crippen LogP contribution in [0, 0.1) is 13.8 Å². The first kappa shape index (κ1) is 15.0. The van der Waals surface area contributed by atoms with Gasteiger partial charge < -0.3 is 10.4 Å². The van der Waals surface area contributed by atoms with Crippen LogP contribution in [0.1, 0.15) is 52.9 Å². The van der Waals surface area contributed by atoms with Crippen molar-refractivity contribution in [3.63, 3.8) is 0 Å². The second-order valence-corrected chi connectivity index (χ2v) is 6.41. The molecule has 0 bridgehead atoms. The van der Waals surface area contributed by atoms with Gasteiger partial charge in [-0.25, -0.2) is 0 Å².